The Labute approximate surface area is 417 Å². The van der Waals surface area contributed by atoms with Crippen LogP contribution >= 0.6 is 0 Å². The lowest BCUT2D eigenvalue weighted by atomic mass is 9.33. The second-order valence-corrected chi connectivity index (χ2v) is 23.7. The Balaban J connectivity index is 1.08. The minimum Gasteiger partial charge on any atom is -0.456 e. The molecule has 0 saturated heterocycles. The van der Waals surface area contributed by atoms with Gasteiger partial charge in [0.05, 0.1) is 22.3 Å². The first-order valence-corrected chi connectivity index (χ1v) is 25.9. The summed E-state index contributed by atoms with van der Waals surface area (Å²) in [4.78, 5) is 7.89. The van der Waals surface area contributed by atoms with Crippen molar-refractivity contribution in [3.63, 3.8) is 0 Å². The Bertz CT molecular complexity index is 3900. The molecule has 10 aromatic rings. The summed E-state index contributed by atoms with van der Waals surface area (Å²) in [7, 11) is 0. The van der Waals surface area contributed by atoms with E-state index in [0.29, 0.717) is 0 Å². The van der Waals surface area contributed by atoms with Gasteiger partial charge < -0.3 is 23.5 Å². The van der Waals surface area contributed by atoms with Gasteiger partial charge >= 0.3 is 0 Å². The fraction of sp³-hybridized carbons (Fsp3) is 0.262. The number of benzene rings is 8. The highest BCUT2D eigenvalue weighted by Crippen LogP contribution is 2.62. The molecule has 5 heterocycles. The van der Waals surface area contributed by atoms with Crippen LogP contribution in [-0.2, 0) is 16.2 Å². The van der Waals surface area contributed by atoms with Crippen LogP contribution in [0.15, 0.2) is 160 Å². The normalized spacial score (nSPS) is 19.4. The summed E-state index contributed by atoms with van der Waals surface area (Å²) in [5.74, 6) is 0. The third-order valence-corrected chi connectivity index (χ3v) is 17.5. The van der Waals surface area contributed by atoms with Gasteiger partial charge in [0.25, 0.3) is 6.71 Å². The Hall–Kier alpha value is -7.18. The number of nitrogens with zero attached hydrogens (tertiary/aromatic N) is 3. The van der Waals surface area contributed by atoms with Crippen molar-refractivity contribution in [1.29, 1.82) is 0 Å². The van der Waals surface area contributed by atoms with Crippen LogP contribution in [0, 0.1) is 6.92 Å². The molecule has 1 saturated carbocycles. The van der Waals surface area contributed by atoms with E-state index in [0.717, 1.165) is 61.7 Å². The maximum absolute atomic E-state index is 7.01. The smallest absolute Gasteiger partial charge is 0.252 e. The van der Waals surface area contributed by atoms with Crippen molar-refractivity contribution >= 4 is 112 Å². The van der Waals surface area contributed by atoms with Crippen LogP contribution in [0.3, 0.4) is 0 Å². The van der Waals surface area contributed by atoms with Gasteiger partial charge in [-0.1, -0.05) is 146 Å². The van der Waals surface area contributed by atoms with Gasteiger partial charge in [-0.15, -0.1) is 0 Å². The van der Waals surface area contributed by atoms with Gasteiger partial charge in [0.1, 0.15) is 16.7 Å². The molecular formula is C65H60BN3O2. The lowest BCUT2D eigenvalue weighted by Gasteiger charge is -2.50. The van der Waals surface area contributed by atoms with E-state index in [2.05, 4.69) is 229 Å². The van der Waals surface area contributed by atoms with E-state index in [4.69, 9.17) is 8.83 Å². The predicted molar refractivity (Wildman–Crippen MR) is 300 cm³/mol. The molecule has 2 aromatic heterocycles. The van der Waals surface area contributed by atoms with Gasteiger partial charge in [0.2, 0.25) is 0 Å². The van der Waals surface area contributed by atoms with Crippen LogP contribution in [0.5, 0.6) is 0 Å². The largest absolute Gasteiger partial charge is 0.456 e. The summed E-state index contributed by atoms with van der Waals surface area (Å²) in [6, 6.07) is 57.3. The van der Waals surface area contributed by atoms with Crippen LogP contribution in [-0.4, -0.2) is 12.3 Å². The number of aryl methyl sites for hydroxylation is 1. The first-order valence-electron chi connectivity index (χ1n) is 25.9. The highest BCUT2D eigenvalue weighted by atomic mass is 16.3. The molecule has 0 N–H and O–H groups in total. The number of rotatable bonds is 3. The number of hydrogen-bond acceptors (Lipinski definition) is 5. The lowest BCUT2D eigenvalue weighted by Crippen LogP contribution is -2.61. The summed E-state index contributed by atoms with van der Waals surface area (Å²) >= 11 is 0. The third kappa shape index (κ3) is 5.82. The molecule has 2 atom stereocenters. The van der Waals surface area contributed by atoms with Crippen LogP contribution in [0.25, 0.3) is 43.9 Å². The van der Waals surface area contributed by atoms with Gasteiger partial charge in [0, 0.05) is 55.7 Å². The fourth-order valence-corrected chi connectivity index (χ4v) is 13.7. The van der Waals surface area contributed by atoms with E-state index >= 15 is 0 Å². The quantitative estimate of drug-likeness (QED) is 0.165. The van der Waals surface area contributed by atoms with Gasteiger partial charge in [-0.3, -0.25) is 0 Å². The molecule has 0 spiro atoms. The van der Waals surface area contributed by atoms with Crippen molar-refractivity contribution in [2.75, 3.05) is 14.7 Å². The van der Waals surface area contributed by atoms with Crippen molar-refractivity contribution in [3.8, 4) is 0 Å². The number of hydrogen-bond donors (Lipinski definition) is 0. The van der Waals surface area contributed by atoms with Crippen LogP contribution < -0.4 is 31.1 Å². The van der Waals surface area contributed by atoms with Crippen LogP contribution in [0.2, 0.25) is 0 Å². The SMILES string of the molecule is Cc1cc2c3c(c1)N(c1cccc4oc5ccccc5c14)c1cc(C(C)(C)C)ccc1B3c1ccc(N3c4ccc(C(C)(C)C)cc4C4(C)CCCCC34C)cc1N2c1cccc2c1oc1ccccc12. The standard InChI is InChI=1S/C65H60BN3O2/c1-39-34-54-60-55(35-39)68(51-22-16-20-44-43-18-10-12-23-56(43)71-61(44)51)53-38-42(69-49-31-27-40(62(2,3)4)36-46(49)64(8)32-14-15-33-65(64,69)9)28-30-48(53)66(60)47-29-26-41(63(5,6)7)37-52(47)67(54)50-21-17-25-58-59(50)45-19-11-13-24-57(45)70-58/h10-13,16-31,34-38H,14-15,32-33H2,1-9H3. The predicted octanol–water partition coefficient (Wildman–Crippen LogP) is 16.2. The van der Waals surface area contributed by atoms with Gasteiger partial charge in [0.15, 0.2) is 5.58 Å². The number of anilines is 8. The van der Waals surface area contributed by atoms with Crippen molar-refractivity contribution in [3.05, 3.63) is 174 Å². The molecule has 0 radical (unpaired) electrons. The fourth-order valence-electron chi connectivity index (χ4n) is 13.7. The zero-order valence-electron chi connectivity index (χ0n) is 42.5. The Morgan fingerprint density at radius 2 is 1.08 bits per heavy atom. The molecule has 3 aliphatic heterocycles. The average Bonchev–Trinajstić information content (AvgIpc) is 3.99. The van der Waals surface area contributed by atoms with Crippen molar-refractivity contribution in [1.82, 2.24) is 0 Å². The number of furan rings is 2. The molecule has 5 nitrogen and oxygen atoms in total. The minimum atomic E-state index is -0.113. The first-order chi connectivity index (χ1) is 34.1. The maximum atomic E-state index is 7.01. The highest BCUT2D eigenvalue weighted by molar-refractivity contribution is 7.00. The zero-order chi connectivity index (χ0) is 48.5. The topological polar surface area (TPSA) is 36.0 Å². The van der Waals surface area contributed by atoms with Crippen molar-refractivity contribution < 1.29 is 8.83 Å². The molecule has 4 aliphatic rings. The number of para-hydroxylation sites is 3. The van der Waals surface area contributed by atoms with Gasteiger partial charge in [-0.2, -0.15) is 0 Å². The van der Waals surface area contributed by atoms with E-state index < -0.39 is 0 Å². The second kappa shape index (κ2) is 14.5. The molecule has 14 rings (SSSR count). The number of fused-ring (bicyclic) bond motifs is 13. The van der Waals surface area contributed by atoms with E-state index in [1.54, 1.807) is 0 Å². The van der Waals surface area contributed by atoms with Crippen molar-refractivity contribution in [2.45, 2.75) is 110 Å². The molecule has 0 bridgehead atoms. The molecule has 1 fully saturated rings. The Kier molecular flexibility index (Phi) is 8.70. The summed E-state index contributed by atoms with van der Waals surface area (Å²) in [6.07, 6.45) is 4.78. The van der Waals surface area contributed by atoms with Gasteiger partial charge in [-0.05, 0) is 143 Å². The van der Waals surface area contributed by atoms with Crippen molar-refractivity contribution in [2.24, 2.45) is 0 Å². The van der Waals surface area contributed by atoms with Gasteiger partial charge in [-0.25, -0.2) is 0 Å². The summed E-state index contributed by atoms with van der Waals surface area (Å²) < 4.78 is 13.6. The molecule has 6 heteroatoms. The highest BCUT2D eigenvalue weighted by Gasteiger charge is 2.58. The van der Waals surface area contributed by atoms with Crippen LogP contribution in [0.4, 0.5) is 45.5 Å². The third-order valence-electron chi connectivity index (χ3n) is 17.5. The second-order valence-electron chi connectivity index (χ2n) is 23.7. The summed E-state index contributed by atoms with van der Waals surface area (Å²) in [5, 5.41) is 4.49. The summed E-state index contributed by atoms with van der Waals surface area (Å²) in [5.41, 5.74) is 22.2. The monoisotopic (exact) mass is 925 g/mol. The van der Waals surface area contributed by atoms with E-state index in [1.807, 2.05) is 0 Å². The Morgan fingerprint density at radius 3 is 1.85 bits per heavy atom. The zero-order valence-corrected chi connectivity index (χ0v) is 42.5. The molecule has 2 unspecified atom stereocenters. The molecular weight excluding hydrogens is 866 g/mol. The minimum absolute atomic E-state index is 0.00435. The lowest BCUT2D eigenvalue weighted by molar-refractivity contribution is 0.195. The van der Waals surface area contributed by atoms with E-state index in [-0.39, 0.29) is 28.5 Å². The molecule has 350 valence electrons. The Morgan fingerprint density at radius 1 is 0.493 bits per heavy atom. The molecule has 8 aromatic carbocycles. The molecule has 1 aliphatic carbocycles. The summed E-state index contributed by atoms with van der Waals surface area (Å²) in [6.45, 7) is 21.4. The van der Waals surface area contributed by atoms with E-state index in [1.165, 1.54) is 92.0 Å². The molecule has 0 amide bonds. The van der Waals surface area contributed by atoms with Crippen LogP contribution in [0.1, 0.15) is 103 Å². The first kappa shape index (κ1) is 42.7. The average molecular weight is 926 g/mol. The van der Waals surface area contributed by atoms with E-state index in [9.17, 15) is 0 Å². The molecule has 71 heavy (non-hydrogen) atoms. The maximum Gasteiger partial charge on any atom is 0.252 e.